The van der Waals surface area contributed by atoms with Gasteiger partial charge in [-0.15, -0.1) is 16.4 Å². The van der Waals surface area contributed by atoms with Gasteiger partial charge in [0, 0.05) is 13.0 Å². The van der Waals surface area contributed by atoms with Crippen molar-refractivity contribution in [2.75, 3.05) is 13.2 Å². The first-order chi connectivity index (χ1) is 10.1. The van der Waals surface area contributed by atoms with Gasteiger partial charge >= 0.3 is 5.97 Å². The highest BCUT2D eigenvalue weighted by Crippen LogP contribution is 2.24. The van der Waals surface area contributed by atoms with Crippen LogP contribution in [0.4, 0.5) is 0 Å². The molecule has 3 rings (SSSR count). The zero-order chi connectivity index (χ0) is 14.9. The predicted molar refractivity (Wildman–Crippen MR) is 70.3 cm³/mol. The second kappa shape index (κ2) is 5.22. The summed E-state index contributed by atoms with van der Waals surface area (Å²) in [4.78, 5) is 24.1. The first kappa shape index (κ1) is 13.6. The minimum Gasteiger partial charge on any atom is -0.479 e. The molecule has 1 fully saturated rings. The third-order valence-corrected chi connectivity index (χ3v) is 4.13. The number of aliphatic carboxylic acids is 1. The normalized spacial score (nSPS) is 21.3. The zero-order valence-corrected chi connectivity index (χ0v) is 11.5. The van der Waals surface area contributed by atoms with Gasteiger partial charge in [0.25, 0.3) is 5.91 Å². The average Bonchev–Trinajstić information content (AvgIpc) is 3.19. The van der Waals surface area contributed by atoms with Crippen molar-refractivity contribution in [1.82, 2.24) is 25.5 Å². The zero-order valence-electron chi connectivity index (χ0n) is 10.7. The van der Waals surface area contributed by atoms with Crippen molar-refractivity contribution in [3.63, 3.8) is 0 Å². The highest BCUT2D eigenvalue weighted by atomic mass is 32.1. The SMILES string of the molecule is O=C(NC1(C(=O)O)CCOC1)c1sccc1-n1cnnn1. The van der Waals surface area contributed by atoms with Crippen molar-refractivity contribution >= 4 is 23.2 Å². The van der Waals surface area contributed by atoms with Crippen molar-refractivity contribution in [1.29, 1.82) is 0 Å². The van der Waals surface area contributed by atoms with Crippen LogP contribution in [0.15, 0.2) is 17.8 Å². The molecule has 1 amide bonds. The van der Waals surface area contributed by atoms with Crippen LogP contribution in [0.3, 0.4) is 0 Å². The van der Waals surface area contributed by atoms with E-state index in [4.69, 9.17) is 4.74 Å². The summed E-state index contributed by atoms with van der Waals surface area (Å²) in [6, 6.07) is 1.69. The van der Waals surface area contributed by atoms with E-state index < -0.39 is 17.4 Å². The first-order valence-electron chi connectivity index (χ1n) is 6.07. The molecule has 9 nitrogen and oxygen atoms in total. The van der Waals surface area contributed by atoms with Crippen molar-refractivity contribution < 1.29 is 19.4 Å². The van der Waals surface area contributed by atoms with Crippen LogP contribution < -0.4 is 5.32 Å². The Labute approximate surface area is 122 Å². The molecule has 3 heterocycles. The Hall–Kier alpha value is -2.33. The van der Waals surface area contributed by atoms with Crippen molar-refractivity contribution in [3.8, 4) is 5.69 Å². The maximum absolute atomic E-state index is 12.4. The van der Waals surface area contributed by atoms with Crippen LogP contribution >= 0.6 is 11.3 Å². The number of carboxylic acid groups (broad SMARTS) is 1. The number of thiophene rings is 1. The van der Waals surface area contributed by atoms with Crippen molar-refractivity contribution in [2.24, 2.45) is 0 Å². The molecule has 1 saturated heterocycles. The maximum Gasteiger partial charge on any atom is 0.331 e. The van der Waals surface area contributed by atoms with Crippen LogP contribution in [0, 0.1) is 0 Å². The molecule has 0 saturated carbocycles. The number of hydrogen-bond donors (Lipinski definition) is 2. The molecule has 0 bridgehead atoms. The molecule has 1 aliphatic rings. The molecule has 2 aromatic heterocycles. The number of ether oxygens (including phenoxy) is 1. The number of nitrogens with one attached hydrogen (secondary N) is 1. The molecule has 1 unspecified atom stereocenters. The Balaban J connectivity index is 1.87. The van der Waals surface area contributed by atoms with Crippen LogP contribution in [-0.4, -0.2) is 55.9 Å². The van der Waals surface area contributed by atoms with E-state index in [1.807, 2.05) is 0 Å². The Morgan fingerprint density at radius 2 is 2.38 bits per heavy atom. The quantitative estimate of drug-likeness (QED) is 0.795. The summed E-state index contributed by atoms with van der Waals surface area (Å²) in [5.74, 6) is -1.59. The minimum atomic E-state index is -1.38. The van der Waals surface area contributed by atoms with Gasteiger partial charge in [0.2, 0.25) is 0 Å². The number of hydrogen-bond acceptors (Lipinski definition) is 7. The van der Waals surface area contributed by atoms with Crippen LogP contribution in [0.5, 0.6) is 0 Å². The highest BCUT2D eigenvalue weighted by Gasteiger charge is 2.44. The average molecular weight is 309 g/mol. The fourth-order valence-corrected chi connectivity index (χ4v) is 2.86. The van der Waals surface area contributed by atoms with Crippen LogP contribution in [0.25, 0.3) is 5.69 Å². The third kappa shape index (κ3) is 2.38. The lowest BCUT2D eigenvalue weighted by Crippen LogP contribution is -2.55. The van der Waals surface area contributed by atoms with E-state index in [9.17, 15) is 14.7 Å². The number of nitrogens with zero attached hydrogens (tertiary/aromatic N) is 4. The summed E-state index contributed by atoms with van der Waals surface area (Å²) in [7, 11) is 0. The lowest BCUT2D eigenvalue weighted by Gasteiger charge is -2.23. The molecule has 110 valence electrons. The van der Waals surface area contributed by atoms with Crippen LogP contribution in [0.1, 0.15) is 16.1 Å². The molecule has 0 aromatic carbocycles. The molecule has 0 spiro atoms. The molecule has 0 radical (unpaired) electrons. The predicted octanol–water partition coefficient (Wildman–Crippen LogP) is -0.303. The molecule has 1 aliphatic heterocycles. The number of carbonyl (C=O) groups excluding carboxylic acids is 1. The van der Waals surface area contributed by atoms with E-state index in [1.54, 1.807) is 11.4 Å². The smallest absolute Gasteiger partial charge is 0.331 e. The fraction of sp³-hybridized carbons (Fsp3) is 0.364. The van der Waals surface area contributed by atoms with Gasteiger partial charge in [-0.1, -0.05) is 0 Å². The van der Waals surface area contributed by atoms with E-state index in [-0.39, 0.29) is 13.0 Å². The summed E-state index contributed by atoms with van der Waals surface area (Å²) in [5.41, 5.74) is -0.874. The fourth-order valence-electron chi connectivity index (χ4n) is 2.08. The molecular formula is C11H11N5O4S. The number of carbonyl (C=O) groups is 2. The summed E-state index contributed by atoms with van der Waals surface area (Å²) >= 11 is 1.19. The summed E-state index contributed by atoms with van der Waals surface area (Å²) in [5, 5.41) is 24.4. The second-order valence-electron chi connectivity index (χ2n) is 4.53. The van der Waals surface area contributed by atoms with Gasteiger partial charge in [-0.25, -0.2) is 4.79 Å². The topological polar surface area (TPSA) is 119 Å². The monoisotopic (exact) mass is 309 g/mol. The van der Waals surface area contributed by atoms with Gasteiger partial charge in [-0.05, 0) is 21.9 Å². The van der Waals surface area contributed by atoms with Crippen LogP contribution in [-0.2, 0) is 9.53 Å². The largest absolute Gasteiger partial charge is 0.479 e. The number of carboxylic acids is 1. The Morgan fingerprint density at radius 3 is 3.00 bits per heavy atom. The maximum atomic E-state index is 12.4. The van der Waals surface area contributed by atoms with E-state index in [1.165, 1.54) is 22.3 Å². The van der Waals surface area contributed by atoms with E-state index in [0.29, 0.717) is 17.2 Å². The van der Waals surface area contributed by atoms with E-state index in [0.717, 1.165) is 0 Å². The lowest BCUT2D eigenvalue weighted by atomic mass is 9.99. The molecule has 21 heavy (non-hydrogen) atoms. The number of amides is 1. The summed E-state index contributed by atoms with van der Waals surface area (Å²) < 4.78 is 6.46. The Morgan fingerprint density at radius 1 is 1.52 bits per heavy atom. The molecule has 10 heteroatoms. The number of aromatic nitrogens is 4. The number of rotatable bonds is 4. The molecular weight excluding hydrogens is 298 g/mol. The third-order valence-electron chi connectivity index (χ3n) is 3.23. The van der Waals surface area contributed by atoms with Crippen molar-refractivity contribution in [2.45, 2.75) is 12.0 Å². The van der Waals surface area contributed by atoms with Gasteiger partial charge in [-0.3, -0.25) is 4.79 Å². The van der Waals surface area contributed by atoms with Crippen molar-refractivity contribution in [3.05, 3.63) is 22.7 Å². The van der Waals surface area contributed by atoms with Crippen LogP contribution in [0.2, 0.25) is 0 Å². The van der Waals surface area contributed by atoms with Gasteiger partial charge in [0.05, 0.1) is 12.3 Å². The molecule has 0 aliphatic carbocycles. The summed E-state index contributed by atoms with van der Waals surface area (Å²) in [6.45, 7) is 0.260. The van der Waals surface area contributed by atoms with Gasteiger partial charge in [0.1, 0.15) is 11.2 Å². The Kier molecular flexibility index (Phi) is 3.39. The second-order valence-corrected chi connectivity index (χ2v) is 5.45. The standard InChI is InChI=1S/C11H11N5O4S/c17-9(13-11(10(18)19)2-3-20-5-11)8-7(1-4-21-8)16-6-12-14-15-16/h1,4,6H,2-3,5H2,(H,13,17)(H,18,19). The molecule has 2 N–H and O–H groups in total. The van der Waals surface area contributed by atoms with E-state index >= 15 is 0 Å². The first-order valence-corrected chi connectivity index (χ1v) is 6.95. The minimum absolute atomic E-state index is 0.0420. The summed E-state index contributed by atoms with van der Waals surface area (Å²) in [6.07, 6.45) is 1.60. The van der Waals surface area contributed by atoms with E-state index in [2.05, 4.69) is 20.8 Å². The van der Waals surface area contributed by atoms with Gasteiger partial charge in [-0.2, -0.15) is 4.68 Å². The number of tetrazole rings is 1. The van der Waals surface area contributed by atoms with Gasteiger partial charge in [0.15, 0.2) is 5.54 Å². The molecule has 2 aromatic rings. The molecule has 1 atom stereocenters. The Bertz CT molecular complexity index is 662. The lowest BCUT2D eigenvalue weighted by molar-refractivity contribution is -0.144. The van der Waals surface area contributed by atoms with Gasteiger partial charge < -0.3 is 15.2 Å². The highest BCUT2D eigenvalue weighted by molar-refractivity contribution is 7.12.